The molecule has 2 aromatic rings. The molecule has 4 N–H and O–H groups in total. The molecule has 0 bridgehead atoms. The van der Waals surface area contributed by atoms with Crippen molar-refractivity contribution in [1.82, 2.24) is 20.9 Å². The molecule has 0 spiro atoms. The summed E-state index contributed by atoms with van der Waals surface area (Å²) in [7, 11) is 0. The molecule has 10 heteroatoms. The number of hydrogen-bond acceptors (Lipinski definition) is 5. The highest BCUT2D eigenvalue weighted by Crippen LogP contribution is 2.21. The van der Waals surface area contributed by atoms with Crippen LogP contribution in [-0.2, 0) is 27.2 Å². The fraction of sp³-hybridized carbons (Fsp3) is 0.515. The van der Waals surface area contributed by atoms with Crippen LogP contribution in [0.2, 0.25) is 0 Å². The molecular formula is C33H48N4O6. The molecule has 2 rings (SSSR count). The van der Waals surface area contributed by atoms with Crippen molar-refractivity contribution in [1.29, 1.82) is 0 Å². The van der Waals surface area contributed by atoms with E-state index in [0.29, 0.717) is 32.4 Å². The van der Waals surface area contributed by atoms with E-state index in [0.717, 1.165) is 17.5 Å². The van der Waals surface area contributed by atoms with Crippen molar-refractivity contribution in [3.63, 3.8) is 0 Å². The fourth-order valence-electron chi connectivity index (χ4n) is 4.63. The summed E-state index contributed by atoms with van der Waals surface area (Å²) >= 11 is 0. The average molecular weight is 597 g/mol. The first-order valence-electron chi connectivity index (χ1n) is 14.8. The second-order valence-corrected chi connectivity index (χ2v) is 12.6. The van der Waals surface area contributed by atoms with Crippen molar-refractivity contribution in [2.24, 2.45) is 0 Å². The van der Waals surface area contributed by atoms with Crippen LogP contribution in [0.4, 0.5) is 9.59 Å². The predicted molar refractivity (Wildman–Crippen MR) is 167 cm³/mol. The molecule has 0 saturated heterocycles. The van der Waals surface area contributed by atoms with Gasteiger partial charge in [-0.2, -0.15) is 0 Å². The Bertz CT molecular complexity index is 1180. The number of nitrogens with one attached hydrogen (secondary N) is 3. The third kappa shape index (κ3) is 13.2. The highest BCUT2D eigenvalue weighted by molar-refractivity contribution is 5.86. The quantitative estimate of drug-likeness (QED) is 0.229. The highest BCUT2D eigenvalue weighted by atomic mass is 16.6. The third-order valence-electron chi connectivity index (χ3n) is 6.56. The van der Waals surface area contributed by atoms with Gasteiger partial charge in [0.05, 0.1) is 0 Å². The van der Waals surface area contributed by atoms with Gasteiger partial charge in [0.2, 0.25) is 11.8 Å². The van der Waals surface area contributed by atoms with E-state index in [1.807, 2.05) is 60.7 Å². The molecular weight excluding hydrogens is 548 g/mol. The third-order valence-corrected chi connectivity index (χ3v) is 6.56. The average Bonchev–Trinajstić information content (AvgIpc) is 2.90. The van der Waals surface area contributed by atoms with Gasteiger partial charge in [0.1, 0.15) is 17.7 Å². The van der Waals surface area contributed by atoms with E-state index in [1.54, 1.807) is 41.5 Å². The maximum Gasteiger partial charge on any atom is 0.408 e. The Hall–Kier alpha value is -4.08. The minimum atomic E-state index is -1.15. The number of amides is 4. The zero-order valence-electron chi connectivity index (χ0n) is 26.3. The van der Waals surface area contributed by atoms with Crippen LogP contribution in [0.15, 0.2) is 60.7 Å². The Morgan fingerprint density at radius 2 is 1.23 bits per heavy atom. The Labute approximate surface area is 255 Å². The largest absolute Gasteiger partial charge is 0.465 e. The van der Waals surface area contributed by atoms with Gasteiger partial charge in [0, 0.05) is 31.5 Å². The summed E-state index contributed by atoms with van der Waals surface area (Å²) in [5.41, 5.74) is 0.332. The first-order valence-corrected chi connectivity index (χ1v) is 14.8. The fourth-order valence-corrected chi connectivity index (χ4v) is 4.63. The zero-order chi connectivity index (χ0) is 32.0. The van der Waals surface area contributed by atoms with Crippen molar-refractivity contribution in [2.45, 2.75) is 96.9 Å². The summed E-state index contributed by atoms with van der Waals surface area (Å²) in [6.45, 7) is 11.4. The van der Waals surface area contributed by atoms with Crippen molar-refractivity contribution in [2.75, 3.05) is 13.1 Å². The predicted octanol–water partition coefficient (Wildman–Crippen LogP) is 4.91. The van der Waals surface area contributed by atoms with Crippen LogP contribution >= 0.6 is 0 Å². The maximum absolute atomic E-state index is 13.2. The molecule has 4 amide bonds. The lowest BCUT2D eigenvalue weighted by atomic mass is 9.98. The van der Waals surface area contributed by atoms with E-state index in [1.165, 1.54) is 4.90 Å². The molecule has 0 aliphatic carbocycles. The molecule has 0 aliphatic heterocycles. The number of carbonyl (C=O) groups is 4. The van der Waals surface area contributed by atoms with Crippen LogP contribution in [0.25, 0.3) is 0 Å². The first kappa shape index (κ1) is 35.1. The lowest BCUT2D eigenvalue weighted by Gasteiger charge is -2.39. The van der Waals surface area contributed by atoms with Gasteiger partial charge in [0.15, 0.2) is 0 Å². The topological polar surface area (TPSA) is 137 Å². The molecule has 0 saturated carbocycles. The van der Waals surface area contributed by atoms with E-state index in [9.17, 15) is 24.3 Å². The van der Waals surface area contributed by atoms with Crippen molar-refractivity contribution in [3.8, 4) is 0 Å². The van der Waals surface area contributed by atoms with Crippen LogP contribution < -0.4 is 16.0 Å². The van der Waals surface area contributed by atoms with Gasteiger partial charge in [-0.15, -0.1) is 0 Å². The Morgan fingerprint density at radius 1 is 0.744 bits per heavy atom. The van der Waals surface area contributed by atoms with Crippen LogP contribution in [0.5, 0.6) is 0 Å². The standard InChI is InChI=1S/C33H48N4O6/c1-32(2,3)37(31(41)42)27(23-25-18-12-8-13-19-25)29(39)35-21-15-9-14-20-34-28(38)26(22-24-16-10-7-11-17-24)36-30(40)43-33(4,5)6/h7-8,10-13,16-19,26-27H,9,14-15,20-23H2,1-6H3,(H,34,38)(H,35,39)(H,36,40)(H,41,42)/t26-,27-/m0/s1. The van der Waals surface area contributed by atoms with Gasteiger partial charge in [-0.1, -0.05) is 60.7 Å². The second kappa shape index (κ2) is 16.5. The smallest absolute Gasteiger partial charge is 0.408 e. The molecule has 0 aliphatic rings. The van der Waals surface area contributed by atoms with Crippen LogP contribution in [0, 0.1) is 0 Å². The molecule has 10 nitrogen and oxygen atoms in total. The van der Waals surface area contributed by atoms with E-state index in [-0.39, 0.29) is 18.2 Å². The number of carbonyl (C=O) groups excluding carboxylic acids is 3. The summed E-state index contributed by atoms with van der Waals surface area (Å²) in [5, 5.41) is 18.4. The van der Waals surface area contributed by atoms with E-state index in [4.69, 9.17) is 4.74 Å². The number of benzene rings is 2. The van der Waals surface area contributed by atoms with Crippen molar-refractivity contribution >= 4 is 24.0 Å². The number of rotatable bonds is 14. The molecule has 0 fully saturated rings. The normalized spacial score (nSPS) is 12.9. The number of carboxylic acid groups (broad SMARTS) is 1. The Balaban J connectivity index is 1.87. The zero-order valence-corrected chi connectivity index (χ0v) is 26.3. The maximum atomic E-state index is 13.2. The monoisotopic (exact) mass is 596 g/mol. The number of ether oxygens (including phenoxy) is 1. The molecule has 0 radical (unpaired) electrons. The van der Waals surface area contributed by atoms with Crippen LogP contribution in [0.3, 0.4) is 0 Å². The van der Waals surface area contributed by atoms with Gasteiger partial charge in [-0.05, 0) is 71.9 Å². The van der Waals surface area contributed by atoms with E-state index in [2.05, 4.69) is 16.0 Å². The minimum absolute atomic E-state index is 0.268. The molecule has 0 unspecified atom stereocenters. The number of alkyl carbamates (subject to hydrolysis) is 1. The van der Waals surface area contributed by atoms with Crippen molar-refractivity contribution < 1.29 is 29.0 Å². The molecule has 0 heterocycles. The summed E-state index contributed by atoms with van der Waals surface area (Å²) in [6, 6.07) is 17.1. The van der Waals surface area contributed by atoms with Crippen LogP contribution in [-0.4, -0.2) is 70.3 Å². The van der Waals surface area contributed by atoms with Crippen LogP contribution in [0.1, 0.15) is 71.9 Å². The minimum Gasteiger partial charge on any atom is -0.465 e. The lowest BCUT2D eigenvalue weighted by Crippen LogP contribution is -2.57. The summed E-state index contributed by atoms with van der Waals surface area (Å²) in [6.07, 6.45) is 0.848. The molecule has 2 aromatic carbocycles. The van der Waals surface area contributed by atoms with Gasteiger partial charge < -0.3 is 25.8 Å². The SMILES string of the molecule is CC(C)(C)OC(=O)N[C@@H](Cc1ccccc1)C(=O)NCCCCCNC(=O)[C@H](Cc1ccccc1)N(C(=O)O)C(C)(C)C. The van der Waals surface area contributed by atoms with Gasteiger partial charge in [0.25, 0.3) is 0 Å². The number of hydrogen-bond donors (Lipinski definition) is 4. The van der Waals surface area contributed by atoms with E-state index >= 15 is 0 Å². The van der Waals surface area contributed by atoms with Gasteiger partial charge >= 0.3 is 12.2 Å². The number of unbranched alkanes of at least 4 members (excludes halogenated alkanes) is 2. The summed E-state index contributed by atoms with van der Waals surface area (Å²) in [5.74, 6) is -0.644. The van der Waals surface area contributed by atoms with Gasteiger partial charge in [-0.3, -0.25) is 14.5 Å². The molecule has 236 valence electrons. The number of nitrogens with zero attached hydrogens (tertiary/aromatic N) is 1. The second-order valence-electron chi connectivity index (χ2n) is 12.6. The molecule has 43 heavy (non-hydrogen) atoms. The highest BCUT2D eigenvalue weighted by Gasteiger charge is 2.37. The van der Waals surface area contributed by atoms with Gasteiger partial charge in [-0.25, -0.2) is 9.59 Å². The Morgan fingerprint density at radius 3 is 1.70 bits per heavy atom. The summed E-state index contributed by atoms with van der Waals surface area (Å²) < 4.78 is 5.34. The molecule has 0 aromatic heterocycles. The Kier molecular flexibility index (Phi) is 13.5. The lowest BCUT2D eigenvalue weighted by molar-refractivity contribution is -0.127. The van der Waals surface area contributed by atoms with Crippen molar-refractivity contribution in [3.05, 3.63) is 71.8 Å². The first-order chi connectivity index (χ1) is 20.2. The van der Waals surface area contributed by atoms with E-state index < -0.39 is 35.4 Å². The summed E-state index contributed by atoms with van der Waals surface area (Å²) in [4.78, 5) is 51.9. The molecule has 2 atom stereocenters.